The van der Waals surface area contributed by atoms with Crippen molar-refractivity contribution in [3.63, 3.8) is 0 Å². The van der Waals surface area contributed by atoms with Crippen LogP contribution >= 0.6 is 0 Å². The summed E-state index contributed by atoms with van der Waals surface area (Å²) in [4.78, 5) is 17.3. The van der Waals surface area contributed by atoms with Gasteiger partial charge in [-0.1, -0.05) is 18.2 Å². The predicted molar refractivity (Wildman–Crippen MR) is 112 cm³/mol. The van der Waals surface area contributed by atoms with E-state index in [2.05, 4.69) is 20.7 Å². The van der Waals surface area contributed by atoms with Crippen molar-refractivity contribution in [1.29, 1.82) is 0 Å². The first-order valence-electron chi connectivity index (χ1n) is 9.06. The Balaban J connectivity index is 1.53. The normalized spacial score (nSPS) is 10.8. The Hall–Kier alpha value is -3.67. The predicted octanol–water partition coefficient (Wildman–Crippen LogP) is 4.58. The summed E-state index contributed by atoms with van der Waals surface area (Å²) in [5.41, 5.74) is 5.56. The van der Waals surface area contributed by atoms with Crippen molar-refractivity contribution >= 4 is 34.0 Å². The monoisotopic (exact) mass is 371 g/mol. The lowest BCUT2D eigenvalue weighted by molar-refractivity contribution is 0.102. The van der Waals surface area contributed by atoms with Gasteiger partial charge in [-0.2, -0.15) is 5.10 Å². The molecule has 0 aliphatic carbocycles. The third-order valence-electron chi connectivity index (χ3n) is 4.64. The summed E-state index contributed by atoms with van der Waals surface area (Å²) in [5.74, 6) is -0.182. The molecule has 28 heavy (non-hydrogen) atoms. The second-order valence-corrected chi connectivity index (χ2v) is 6.72. The number of carbonyl (C=O) groups excluding carboxylic acids is 1. The minimum Gasteiger partial charge on any atom is -0.356 e. The number of amides is 1. The molecular weight excluding hydrogens is 350 g/mol. The highest BCUT2D eigenvalue weighted by Crippen LogP contribution is 2.22. The number of anilines is 3. The molecule has 1 amide bonds. The van der Waals surface area contributed by atoms with Gasteiger partial charge in [-0.3, -0.25) is 9.48 Å². The van der Waals surface area contributed by atoms with Gasteiger partial charge in [0.2, 0.25) is 0 Å². The molecule has 6 heteroatoms. The maximum Gasteiger partial charge on any atom is 0.257 e. The Morgan fingerprint density at radius 2 is 1.54 bits per heavy atom. The van der Waals surface area contributed by atoms with Crippen molar-refractivity contribution < 1.29 is 4.79 Å². The third-order valence-corrected chi connectivity index (χ3v) is 4.64. The molecule has 4 rings (SSSR count). The molecule has 4 aromatic rings. The first-order chi connectivity index (χ1) is 13.5. The van der Waals surface area contributed by atoms with E-state index in [1.807, 2.05) is 81.6 Å². The van der Waals surface area contributed by atoms with Gasteiger partial charge in [0.1, 0.15) is 0 Å². The molecular formula is C22H21N5O. The fourth-order valence-electron chi connectivity index (χ4n) is 3.19. The van der Waals surface area contributed by atoms with Crippen LogP contribution in [0.15, 0.2) is 60.7 Å². The number of pyridine rings is 1. The van der Waals surface area contributed by atoms with E-state index in [0.29, 0.717) is 11.3 Å². The third kappa shape index (κ3) is 3.44. The number of rotatable bonds is 4. The number of para-hydroxylation sites is 1. The van der Waals surface area contributed by atoms with Gasteiger partial charge in [0, 0.05) is 29.5 Å². The van der Waals surface area contributed by atoms with Crippen molar-refractivity contribution in [3.05, 3.63) is 77.6 Å². The Morgan fingerprint density at radius 3 is 2.25 bits per heavy atom. The number of benzene rings is 2. The van der Waals surface area contributed by atoms with Crippen LogP contribution in [0.5, 0.6) is 0 Å². The highest BCUT2D eigenvalue weighted by atomic mass is 16.1. The van der Waals surface area contributed by atoms with Crippen LogP contribution in [0, 0.1) is 13.8 Å². The molecule has 0 unspecified atom stereocenters. The Labute approximate surface area is 163 Å². The molecule has 2 heterocycles. The van der Waals surface area contributed by atoms with Gasteiger partial charge >= 0.3 is 0 Å². The second kappa shape index (κ2) is 7.15. The van der Waals surface area contributed by atoms with Crippen molar-refractivity contribution in [2.45, 2.75) is 13.8 Å². The van der Waals surface area contributed by atoms with Gasteiger partial charge in [-0.05, 0) is 56.3 Å². The first-order valence-corrected chi connectivity index (χ1v) is 9.06. The number of nitrogens with zero attached hydrogens (tertiary/aromatic N) is 3. The van der Waals surface area contributed by atoms with Crippen molar-refractivity contribution in [1.82, 2.24) is 14.8 Å². The number of nitrogens with one attached hydrogen (secondary N) is 2. The number of carbonyl (C=O) groups is 1. The van der Waals surface area contributed by atoms with Crippen LogP contribution in [0.3, 0.4) is 0 Å². The summed E-state index contributed by atoms with van der Waals surface area (Å²) in [6, 6.07) is 19.4. The van der Waals surface area contributed by atoms with E-state index in [-0.39, 0.29) is 5.91 Å². The van der Waals surface area contributed by atoms with Crippen LogP contribution in [0.25, 0.3) is 11.0 Å². The standard InChI is InChI=1S/C22H21N5O/c1-14-20(13-19-15(2)26-27(3)21(19)23-14)22(28)25-18-11-9-17(10-12-18)24-16-7-5-4-6-8-16/h4-13,24H,1-3H3,(H,25,28). The number of fused-ring (bicyclic) bond motifs is 1. The molecule has 0 spiro atoms. The van der Waals surface area contributed by atoms with Gasteiger partial charge in [0.25, 0.3) is 5.91 Å². The van der Waals surface area contributed by atoms with E-state index in [9.17, 15) is 4.79 Å². The Morgan fingerprint density at radius 1 is 0.893 bits per heavy atom. The van der Waals surface area contributed by atoms with Crippen molar-refractivity contribution in [3.8, 4) is 0 Å². The van der Waals surface area contributed by atoms with Crippen molar-refractivity contribution in [2.75, 3.05) is 10.6 Å². The minimum absolute atomic E-state index is 0.182. The molecule has 0 saturated heterocycles. The number of aromatic nitrogens is 3. The summed E-state index contributed by atoms with van der Waals surface area (Å²) in [6.45, 7) is 3.75. The summed E-state index contributed by atoms with van der Waals surface area (Å²) in [6.07, 6.45) is 0. The van der Waals surface area contributed by atoms with Crippen molar-refractivity contribution in [2.24, 2.45) is 7.05 Å². The van der Waals surface area contributed by atoms with Crippen LogP contribution < -0.4 is 10.6 Å². The molecule has 0 fully saturated rings. The first kappa shape index (κ1) is 17.7. The molecule has 0 aliphatic rings. The summed E-state index contributed by atoms with van der Waals surface area (Å²) >= 11 is 0. The van der Waals surface area contributed by atoms with Gasteiger partial charge in [-0.25, -0.2) is 4.98 Å². The molecule has 0 bridgehead atoms. The van der Waals surface area contributed by atoms with Gasteiger partial charge in [0.15, 0.2) is 5.65 Å². The van der Waals surface area contributed by atoms with Crippen LogP contribution in [0.2, 0.25) is 0 Å². The number of hydrogen-bond donors (Lipinski definition) is 2. The molecule has 0 atom stereocenters. The van der Waals surface area contributed by atoms with E-state index in [1.165, 1.54) is 0 Å². The van der Waals surface area contributed by atoms with E-state index >= 15 is 0 Å². The smallest absolute Gasteiger partial charge is 0.257 e. The molecule has 2 N–H and O–H groups in total. The largest absolute Gasteiger partial charge is 0.356 e. The van der Waals surface area contributed by atoms with E-state index < -0.39 is 0 Å². The fourth-order valence-corrected chi connectivity index (χ4v) is 3.19. The van der Waals surface area contributed by atoms with Crippen LogP contribution in [0.1, 0.15) is 21.7 Å². The Kier molecular flexibility index (Phi) is 4.53. The molecule has 0 radical (unpaired) electrons. The quantitative estimate of drug-likeness (QED) is 0.551. The molecule has 2 aromatic carbocycles. The number of hydrogen-bond acceptors (Lipinski definition) is 4. The van der Waals surface area contributed by atoms with E-state index in [0.717, 1.165) is 33.8 Å². The maximum atomic E-state index is 12.8. The fraction of sp³-hybridized carbons (Fsp3) is 0.136. The molecule has 0 saturated carbocycles. The SMILES string of the molecule is Cc1nc2c(cc1C(=O)Nc1ccc(Nc3ccccc3)cc1)c(C)nn2C. The minimum atomic E-state index is -0.182. The molecule has 6 nitrogen and oxygen atoms in total. The average molecular weight is 371 g/mol. The summed E-state index contributed by atoms with van der Waals surface area (Å²) < 4.78 is 1.73. The topological polar surface area (TPSA) is 71.8 Å². The van der Waals surface area contributed by atoms with Crippen LogP contribution in [0.4, 0.5) is 17.1 Å². The molecule has 140 valence electrons. The lowest BCUT2D eigenvalue weighted by atomic mass is 10.1. The zero-order chi connectivity index (χ0) is 19.7. The number of aryl methyl sites for hydroxylation is 3. The highest BCUT2D eigenvalue weighted by molar-refractivity contribution is 6.06. The van der Waals surface area contributed by atoms with E-state index in [1.54, 1.807) is 4.68 Å². The van der Waals surface area contributed by atoms with Gasteiger partial charge < -0.3 is 10.6 Å². The van der Waals surface area contributed by atoms with Gasteiger partial charge in [-0.15, -0.1) is 0 Å². The van der Waals surface area contributed by atoms with Gasteiger partial charge in [0.05, 0.1) is 17.0 Å². The van der Waals surface area contributed by atoms with Crippen LogP contribution in [-0.2, 0) is 7.05 Å². The van der Waals surface area contributed by atoms with E-state index in [4.69, 9.17) is 0 Å². The summed E-state index contributed by atoms with van der Waals surface area (Å²) in [5, 5.41) is 11.5. The lowest BCUT2D eigenvalue weighted by Gasteiger charge is -2.10. The summed E-state index contributed by atoms with van der Waals surface area (Å²) in [7, 11) is 1.85. The lowest BCUT2D eigenvalue weighted by Crippen LogP contribution is -2.14. The van der Waals surface area contributed by atoms with Crippen LogP contribution in [-0.4, -0.2) is 20.7 Å². The molecule has 2 aromatic heterocycles. The second-order valence-electron chi connectivity index (χ2n) is 6.72. The Bertz CT molecular complexity index is 1150. The molecule has 0 aliphatic heterocycles. The maximum absolute atomic E-state index is 12.8. The highest BCUT2D eigenvalue weighted by Gasteiger charge is 2.15. The zero-order valence-corrected chi connectivity index (χ0v) is 16.0. The average Bonchev–Trinajstić information content (AvgIpc) is 2.96. The zero-order valence-electron chi connectivity index (χ0n) is 16.0.